The van der Waals surface area contributed by atoms with Gasteiger partial charge in [0.2, 0.25) is 6.10 Å². The van der Waals surface area contributed by atoms with Crippen molar-refractivity contribution in [3.63, 3.8) is 0 Å². The topological polar surface area (TPSA) is 86.5 Å². The van der Waals surface area contributed by atoms with E-state index in [1.807, 2.05) is 37.3 Å². The van der Waals surface area contributed by atoms with Crippen LogP contribution in [0.5, 0.6) is 11.5 Å². The molecule has 26 heavy (non-hydrogen) atoms. The number of hydrogen-bond donors (Lipinski definition) is 1. The second-order valence-electron chi connectivity index (χ2n) is 5.80. The smallest absolute Gasteiger partial charge is 0.269 e. The summed E-state index contributed by atoms with van der Waals surface area (Å²) in [6.45, 7) is 2.13. The molecule has 3 aromatic rings. The van der Waals surface area contributed by atoms with E-state index in [-0.39, 0.29) is 12.5 Å². The number of ether oxygens (including phenoxy) is 2. The molecule has 1 aromatic heterocycles. The van der Waals surface area contributed by atoms with Crippen LogP contribution in [-0.4, -0.2) is 28.8 Å². The minimum absolute atomic E-state index is 0.169. The highest BCUT2D eigenvalue weighted by Gasteiger charge is 2.27. The number of para-hydroxylation sites is 2. The predicted octanol–water partition coefficient (Wildman–Crippen LogP) is 3.08. The van der Waals surface area contributed by atoms with Gasteiger partial charge in [0.15, 0.2) is 17.3 Å². The molecule has 7 nitrogen and oxygen atoms in total. The van der Waals surface area contributed by atoms with Crippen molar-refractivity contribution in [2.45, 2.75) is 19.4 Å². The van der Waals surface area contributed by atoms with Gasteiger partial charge in [0.25, 0.3) is 11.8 Å². The number of anilines is 1. The van der Waals surface area contributed by atoms with Gasteiger partial charge in [-0.3, -0.25) is 4.79 Å². The normalized spacial score (nSPS) is 15.5. The minimum Gasteiger partial charge on any atom is -0.485 e. The van der Waals surface area contributed by atoms with Crippen LogP contribution in [-0.2, 0) is 11.2 Å². The third kappa shape index (κ3) is 3.23. The zero-order valence-corrected chi connectivity index (χ0v) is 14.1. The molecule has 0 bridgehead atoms. The molecule has 0 spiro atoms. The molecule has 1 amide bonds. The van der Waals surface area contributed by atoms with E-state index in [1.54, 1.807) is 18.2 Å². The molecule has 0 saturated carbocycles. The second kappa shape index (κ2) is 6.87. The largest absolute Gasteiger partial charge is 0.485 e. The summed E-state index contributed by atoms with van der Waals surface area (Å²) in [6, 6.07) is 14.5. The summed E-state index contributed by atoms with van der Waals surface area (Å²) in [5.41, 5.74) is 1.44. The summed E-state index contributed by atoms with van der Waals surface area (Å²) in [5.74, 6) is 2.06. The second-order valence-corrected chi connectivity index (χ2v) is 5.80. The Morgan fingerprint density at radius 2 is 1.92 bits per heavy atom. The maximum Gasteiger partial charge on any atom is 0.269 e. The number of aryl methyl sites for hydroxylation is 1. The molecular formula is C19H17N3O4. The number of nitrogens with one attached hydrogen (secondary N) is 1. The fourth-order valence-electron chi connectivity index (χ4n) is 2.58. The number of benzene rings is 2. The fourth-order valence-corrected chi connectivity index (χ4v) is 2.58. The molecule has 2 heterocycles. The SMILES string of the molecule is CCc1noc(-c2ccc(NC(=O)[C@@H]3COc4ccccc4O3)cc2)n1. The van der Waals surface area contributed by atoms with E-state index in [0.717, 1.165) is 5.56 Å². The van der Waals surface area contributed by atoms with Gasteiger partial charge >= 0.3 is 0 Å². The standard InChI is InChI=1S/C19H17N3O4/c1-2-17-21-19(26-22-17)12-7-9-13(10-8-12)20-18(23)16-11-24-14-5-3-4-6-15(14)25-16/h3-10,16H,2,11H2,1H3,(H,20,23)/t16-/m0/s1. The van der Waals surface area contributed by atoms with Gasteiger partial charge in [-0.2, -0.15) is 4.98 Å². The van der Waals surface area contributed by atoms with Crippen molar-refractivity contribution < 1.29 is 18.8 Å². The first-order valence-corrected chi connectivity index (χ1v) is 8.35. The van der Waals surface area contributed by atoms with Crippen molar-refractivity contribution in [3.05, 3.63) is 54.4 Å². The van der Waals surface area contributed by atoms with Crippen molar-refractivity contribution in [3.8, 4) is 23.0 Å². The maximum absolute atomic E-state index is 12.4. The quantitative estimate of drug-likeness (QED) is 0.777. The number of rotatable bonds is 4. The molecule has 0 unspecified atom stereocenters. The number of carbonyl (C=O) groups excluding carboxylic acids is 1. The van der Waals surface area contributed by atoms with Crippen molar-refractivity contribution in [2.75, 3.05) is 11.9 Å². The molecule has 132 valence electrons. The van der Waals surface area contributed by atoms with Crippen LogP contribution in [0, 0.1) is 0 Å². The molecule has 7 heteroatoms. The fraction of sp³-hybridized carbons (Fsp3) is 0.211. The molecule has 1 aliphatic rings. The molecular weight excluding hydrogens is 334 g/mol. The summed E-state index contributed by atoms with van der Waals surface area (Å²) in [6.07, 6.45) is 0.0113. The van der Waals surface area contributed by atoms with Gasteiger partial charge in [-0.1, -0.05) is 24.2 Å². The van der Waals surface area contributed by atoms with Gasteiger partial charge in [0.1, 0.15) is 6.61 Å². The van der Waals surface area contributed by atoms with Crippen LogP contribution in [0.2, 0.25) is 0 Å². The van der Waals surface area contributed by atoms with Gasteiger partial charge in [-0.15, -0.1) is 0 Å². The molecule has 0 aliphatic carbocycles. The van der Waals surface area contributed by atoms with Gasteiger partial charge in [0, 0.05) is 17.7 Å². The summed E-state index contributed by atoms with van der Waals surface area (Å²) in [5, 5.41) is 6.70. The highest BCUT2D eigenvalue weighted by molar-refractivity contribution is 5.94. The maximum atomic E-state index is 12.4. The van der Waals surface area contributed by atoms with Crippen molar-refractivity contribution in [2.24, 2.45) is 0 Å². The van der Waals surface area contributed by atoms with Crippen LogP contribution in [0.3, 0.4) is 0 Å². The minimum atomic E-state index is -0.701. The summed E-state index contributed by atoms with van der Waals surface area (Å²) < 4.78 is 16.5. The summed E-state index contributed by atoms with van der Waals surface area (Å²) in [7, 11) is 0. The Hall–Kier alpha value is -3.35. The third-order valence-electron chi connectivity index (χ3n) is 3.98. The summed E-state index contributed by atoms with van der Waals surface area (Å²) in [4.78, 5) is 16.7. The third-order valence-corrected chi connectivity index (χ3v) is 3.98. The number of aromatic nitrogens is 2. The monoisotopic (exact) mass is 351 g/mol. The van der Waals surface area contributed by atoms with Crippen molar-refractivity contribution in [1.82, 2.24) is 10.1 Å². The van der Waals surface area contributed by atoms with Gasteiger partial charge < -0.3 is 19.3 Å². The first kappa shape index (κ1) is 16.1. The molecule has 0 saturated heterocycles. The number of hydrogen-bond acceptors (Lipinski definition) is 6. The predicted molar refractivity (Wildman–Crippen MR) is 94.1 cm³/mol. The highest BCUT2D eigenvalue weighted by atomic mass is 16.6. The molecule has 0 fully saturated rings. The number of nitrogens with zero attached hydrogens (tertiary/aromatic N) is 2. The lowest BCUT2D eigenvalue weighted by Crippen LogP contribution is -2.40. The zero-order valence-electron chi connectivity index (χ0n) is 14.1. The molecule has 0 radical (unpaired) electrons. The lowest BCUT2D eigenvalue weighted by atomic mass is 10.2. The van der Waals surface area contributed by atoms with E-state index in [2.05, 4.69) is 15.5 Å². The van der Waals surface area contributed by atoms with E-state index in [4.69, 9.17) is 14.0 Å². The van der Waals surface area contributed by atoms with E-state index in [1.165, 1.54) is 0 Å². The number of fused-ring (bicyclic) bond motifs is 1. The van der Waals surface area contributed by atoms with Crippen LogP contribution in [0.15, 0.2) is 53.1 Å². The zero-order chi connectivity index (χ0) is 17.9. The molecule has 4 rings (SSSR count). The molecule has 1 aliphatic heterocycles. The lowest BCUT2D eigenvalue weighted by Gasteiger charge is -2.25. The van der Waals surface area contributed by atoms with Crippen molar-refractivity contribution in [1.29, 1.82) is 0 Å². The Balaban J connectivity index is 1.42. The number of carbonyl (C=O) groups is 1. The highest BCUT2D eigenvalue weighted by Crippen LogP contribution is 2.31. The van der Waals surface area contributed by atoms with Crippen molar-refractivity contribution >= 4 is 11.6 Å². The molecule has 2 aromatic carbocycles. The summed E-state index contributed by atoms with van der Waals surface area (Å²) >= 11 is 0. The van der Waals surface area contributed by atoms with Crippen LogP contribution < -0.4 is 14.8 Å². The van der Waals surface area contributed by atoms with E-state index < -0.39 is 6.10 Å². The van der Waals surface area contributed by atoms with E-state index in [9.17, 15) is 4.79 Å². The first-order valence-electron chi connectivity index (χ1n) is 8.35. The van der Waals surface area contributed by atoms with Gasteiger partial charge in [-0.05, 0) is 36.4 Å². The molecule has 1 N–H and O–H groups in total. The Morgan fingerprint density at radius 1 is 1.15 bits per heavy atom. The first-order chi connectivity index (χ1) is 12.7. The van der Waals surface area contributed by atoms with E-state index >= 15 is 0 Å². The Kier molecular flexibility index (Phi) is 4.27. The Morgan fingerprint density at radius 3 is 2.65 bits per heavy atom. The van der Waals surface area contributed by atoms with E-state index in [0.29, 0.717) is 35.3 Å². The average Bonchev–Trinajstić information content (AvgIpc) is 3.17. The lowest BCUT2D eigenvalue weighted by molar-refractivity contribution is -0.125. The van der Waals surface area contributed by atoms with Crippen LogP contribution >= 0.6 is 0 Å². The Labute approximate surface area is 149 Å². The van der Waals surface area contributed by atoms with Gasteiger partial charge in [-0.25, -0.2) is 0 Å². The van der Waals surface area contributed by atoms with Crippen LogP contribution in [0.25, 0.3) is 11.5 Å². The molecule has 1 atom stereocenters. The van der Waals surface area contributed by atoms with Crippen LogP contribution in [0.1, 0.15) is 12.7 Å². The Bertz CT molecular complexity index is 921. The average molecular weight is 351 g/mol. The number of amides is 1. The van der Waals surface area contributed by atoms with Crippen LogP contribution in [0.4, 0.5) is 5.69 Å². The van der Waals surface area contributed by atoms with Gasteiger partial charge in [0.05, 0.1) is 0 Å².